The van der Waals surface area contributed by atoms with Crippen LogP contribution in [0.4, 0.5) is 0 Å². The van der Waals surface area contributed by atoms with Crippen LogP contribution in [-0.4, -0.2) is 30.9 Å². The van der Waals surface area contributed by atoms with Crippen molar-refractivity contribution in [3.63, 3.8) is 0 Å². The molecule has 0 amide bonds. The number of nitrogens with zero attached hydrogens (tertiary/aromatic N) is 2. The molecule has 62 valence electrons. The Morgan fingerprint density at radius 3 is 2.45 bits per heavy atom. The summed E-state index contributed by atoms with van der Waals surface area (Å²) in [7, 11) is 4.04. The van der Waals surface area contributed by atoms with Gasteiger partial charge in [0.1, 0.15) is 5.84 Å². The first-order chi connectivity index (χ1) is 5.11. The van der Waals surface area contributed by atoms with Gasteiger partial charge in [-0.2, -0.15) is 0 Å². The van der Waals surface area contributed by atoms with E-state index in [9.17, 15) is 0 Å². The average molecular weight is 152 g/mol. The lowest BCUT2D eigenvalue weighted by Crippen LogP contribution is -2.26. The van der Waals surface area contributed by atoms with E-state index in [1.807, 2.05) is 19.0 Å². The van der Waals surface area contributed by atoms with Gasteiger partial charge in [0.2, 0.25) is 0 Å². The highest BCUT2D eigenvalue weighted by atomic mass is 15.1. The summed E-state index contributed by atoms with van der Waals surface area (Å²) in [5, 5.41) is 0. The molecule has 0 fully saturated rings. The van der Waals surface area contributed by atoms with Crippen LogP contribution in [0, 0.1) is 5.92 Å². The Kier molecular flexibility index (Phi) is 2.32. The fraction of sp³-hybridized carbons (Fsp3) is 0.667. The molecule has 0 aromatic carbocycles. The van der Waals surface area contributed by atoms with Gasteiger partial charge in [0.15, 0.2) is 0 Å². The number of hydrogen-bond donors (Lipinski definition) is 0. The van der Waals surface area contributed by atoms with Gasteiger partial charge in [-0.15, -0.1) is 0 Å². The molecule has 0 saturated carbocycles. The van der Waals surface area contributed by atoms with E-state index in [1.54, 1.807) is 0 Å². The van der Waals surface area contributed by atoms with Gasteiger partial charge in [0.05, 0.1) is 6.04 Å². The third-order valence-corrected chi connectivity index (χ3v) is 2.10. The summed E-state index contributed by atoms with van der Waals surface area (Å²) in [5.74, 6) is 1.66. The van der Waals surface area contributed by atoms with Crippen molar-refractivity contribution < 1.29 is 0 Å². The average Bonchev–Trinajstić information content (AvgIpc) is 1.94. The van der Waals surface area contributed by atoms with Crippen LogP contribution < -0.4 is 0 Å². The van der Waals surface area contributed by atoms with Gasteiger partial charge in [0, 0.05) is 14.1 Å². The van der Waals surface area contributed by atoms with Crippen molar-refractivity contribution in [3.8, 4) is 0 Å². The number of rotatable bonds is 0. The molecule has 1 heterocycles. The van der Waals surface area contributed by atoms with E-state index in [0.29, 0.717) is 12.0 Å². The number of aliphatic imine (C=N–C) groups is 1. The summed E-state index contributed by atoms with van der Waals surface area (Å²) in [6, 6.07) is 0.428. The van der Waals surface area contributed by atoms with Crippen molar-refractivity contribution in [3.05, 3.63) is 12.2 Å². The van der Waals surface area contributed by atoms with Crippen LogP contribution in [0.1, 0.15) is 13.8 Å². The normalized spacial score (nSPS) is 30.0. The predicted molar refractivity (Wildman–Crippen MR) is 48.9 cm³/mol. The summed E-state index contributed by atoms with van der Waals surface area (Å²) in [6.07, 6.45) is 4.30. The predicted octanol–water partition coefficient (Wildman–Crippen LogP) is 1.54. The molecule has 0 N–H and O–H groups in total. The van der Waals surface area contributed by atoms with Crippen LogP contribution in [0.5, 0.6) is 0 Å². The Morgan fingerprint density at radius 2 is 2.00 bits per heavy atom. The van der Waals surface area contributed by atoms with E-state index >= 15 is 0 Å². The number of amidine groups is 1. The molecule has 11 heavy (non-hydrogen) atoms. The zero-order valence-corrected chi connectivity index (χ0v) is 7.70. The lowest BCUT2D eigenvalue weighted by molar-refractivity contribution is 0.545. The molecule has 2 heteroatoms. The first-order valence-electron chi connectivity index (χ1n) is 4.04. The molecule has 0 bridgehead atoms. The molecule has 0 aromatic rings. The van der Waals surface area contributed by atoms with Crippen LogP contribution in [0.25, 0.3) is 0 Å². The van der Waals surface area contributed by atoms with E-state index in [4.69, 9.17) is 0 Å². The monoisotopic (exact) mass is 152 g/mol. The van der Waals surface area contributed by atoms with Crippen molar-refractivity contribution in [1.29, 1.82) is 0 Å². The highest BCUT2D eigenvalue weighted by Crippen LogP contribution is 2.13. The van der Waals surface area contributed by atoms with E-state index in [1.165, 1.54) is 0 Å². The second kappa shape index (κ2) is 3.07. The zero-order valence-electron chi connectivity index (χ0n) is 7.70. The topological polar surface area (TPSA) is 15.6 Å². The van der Waals surface area contributed by atoms with Crippen LogP contribution in [0.2, 0.25) is 0 Å². The standard InChI is InChI=1S/C9H16N2/c1-7-5-6-9(11(3)4)10-8(7)2/h5-8H,1-4H3/t7?,8-/m0/s1. The van der Waals surface area contributed by atoms with Gasteiger partial charge in [-0.3, -0.25) is 4.99 Å². The van der Waals surface area contributed by atoms with E-state index in [2.05, 4.69) is 31.0 Å². The van der Waals surface area contributed by atoms with Gasteiger partial charge in [0.25, 0.3) is 0 Å². The fourth-order valence-corrected chi connectivity index (χ4v) is 1.03. The highest BCUT2D eigenvalue weighted by Gasteiger charge is 2.13. The molecule has 1 rings (SSSR count). The largest absolute Gasteiger partial charge is 0.363 e. The second-order valence-electron chi connectivity index (χ2n) is 3.34. The molecule has 0 spiro atoms. The highest BCUT2D eigenvalue weighted by molar-refractivity contribution is 5.93. The first-order valence-corrected chi connectivity index (χ1v) is 4.04. The Balaban J connectivity index is 2.72. The SMILES string of the molecule is CC1C=CC(N(C)C)=N[C@H]1C. The molecule has 1 unspecified atom stereocenters. The van der Waals surface area contributed by atoms with Crippen LogP contribution in [0.3, 0.4) is 0 Å². The third kappa shape index (κ3) is 1.82. The van der Waals surface area contributed by atoms with Crippen LogP contribution in [-0.2, 0) is 0 Å². The molecule has 2 atom stereocenters. The zero-order chi connectivity index (χ0) is 8.43. The lowest BCUT2D eigenvalue weighted by Gasteiger charge is -2.22. The Morgan fingerprint density at radius 1 is 1.36 bits per heavy atom. The molecule has 0 aromatic heterocycles. The van der Waals surface area contributed by atoms with Crippen molar-refractivity contribution in [2.45, 2.75) is 19.9 Å². The maximum atomic E-state index is 4.52. The third-order valence-electron chi connectivity index (χ3n) is 2.10. The molecule has 1 aliphatic heterocycles. The minimum absolute atomic E-state index is 0.428. The van der Waals surface area contributed by atoms with Crippen molar-refractivity contribution in [2.75, 3.05) is 14.1 Å². The van der Waals surface area contributed by atoms with Crippen molar-refractivity contribution in [1.82, 2.24) is 4.90 Å². The maximum absolute atomic E-state index is 4.52. The Labute approximate surface area is 68.6 Å². The quantitative estimate of drug-likeness (QED) is 0.514. The van der Waals surface area contributed by atoms with Crippen LogP contribution in [0.15, 0.2) is 17.1 Å². The molecule has 1 aliphatic rings. The van der Waals surface area contributed by atoms with Gasteiger partial charge in [-0.1, -0.05) is 13.0 Å². The van der Waals surface area contributed by atoms with Gasteiger partial charge in [-0.25, -0.2) is 0 Å². The molecule has 0 saturated heterocycles. The smallest absolute Gasteiger partial charge is 0.122 e. The maximum Gasteiger partial charge on any atom is 0.122 e. The molecule has 0 aliphatic carbocycles. The number of hydrogen-bond acceptors (Lipinski definition) is 2. The van der Waals surface area contributed by atoms with Gasteiger partial charge < -0.3 is 4.90 Å². The molecule has 0 radical (unpaired) electrons. The summed E-state index contributed by atoms with van der Waals surface area (Å²) >= 11 is 0. The van der Waals surface area contributed by atoms with Crippen molar-refractivity contribution >= 4 is 5.84 Å². The molecular weight excluding hydrogens is 136 g/mol. The lowest BCUT2D eigenvalue weighted by atomic mass is 10.0. The summed E-state index contributed by atoms with van der Waals surface area (Å²) in [5.41, 5.74) is 0. The van der Waals surface area contributed by atoms with Crippen LogP contribution >= 0.6 is 0 Å². The Bertz CT molecular complexity index is 192. The van der Waals surface area contributed by atoms with E-state index in [-0.39, 0.29) is 0 Å². The second-order valence-corrected chi connectivity index (χ2v) is 3.34. The summed E-state index contributed by atoms with van der Waals surface area (Å²) < 4.78 is 0. The summed E-state index contributed by atoms with van der Waals surface area (Å²) in [6.45, 7) is 4.34. The summed E-state index contributed by atoms with van der Waals surface area (Å²) in [4.78, 5) is 6.56. The van der Waals surface area contributed by atoms with Gasteiger partial charge in [-0.05, 0) is 18.9 Å². The van der Waals surface area contributed by atoms with Gasteiger partial charge >= 0.3 is 0 Å². The number of likely N-dealkylation sites (N-methyl/N-ethyl adjacent to an activating group) is 1. The molecular formula is C9H16N2. The fourth-order valence-electron chi connectivity index (χ4n) is 1.03. The molecule has 2 nitrogen and oxygen atoms in total. The minimum atomic E-state index is 0.428. The number of dihydropyridines is 1. The van der Waals surface area contributed by atoms with E-state index in [0.717, 1.165) is 5.84 Å². The van der Waals surface area contributed by atoms with E-state index < -0.39 is 0 Å². The Hall–Kier alpha value is -0.790. The first kappa shape index (κ1) is 8.31. The minimum Gasteiger partial charge on any atom is -0.363 e. The van der Waals surface area contributed by atoms with Crippen molar-refractivity contribution in [2.24, 2.45) is 10.9 Å².